The maximum Gasteiger partial charge on any atom is 0.238 e. The van der Waals surface area contributed by atoms with Gasteiger partial charge in [0.25, 0.3) is 0 Å². The van der Waals surface area contributed by atoms with Gasteiger partial charge < -0.3 is 4.57 Å². The Hall–Kier alpha value is -9.40. The van der Waals surface area contributed by atoms with Crippen molar-refractivity contribution < 1.29 is 0 Å². The Morgan fingerprint density at radius 1 is 0.221 bits per heavy atom. The van der Waals surface area contributed by atoms with Gasteiger partial charge in [0.2, 0.25) is 5.95 Å². The minimum atomic E-state index is 0.570. The molecule has 8 nitrogen and oxygen atoms in total. The summed E-state index contributed by atoms with van der Waals surface area (Å²) in [5.41, 5.74) is 12.1. The molecular weight excluding hydrogens is 833 g/mol. The Bertz CT molecular complexity index is 3900. The van der Waals surface area contributed by atoms with Crippen molar-refractivity contribution in [1.29, 1.82) is 0 Å². The average molecular weight is 871 g/mol. The lowest BCUT2D eigenvalue weighted by Gasteiger charge is -2.12. The Morgan fingerprint density at radius 2 is 0.574 bits per heavy atom. The predicted molar refractivity (Wildman–Crippen MR) is 275 cm³/mol. The van der Waals surface area contributed by atoms with Gasteiger partial charge in [0.1, 0.15) is 0 Å². The van der Waals surface area contributed by atoms with E-state index in [0.717, 1.165) is 82.9 Å². The van der Waals surface area contributed by atoms with E-state index in [1.165, 1.54) is 5.39 Å². The van der Waals surface area contributed by atoms with Crippen molar-refractivity contribution >= 4 is 43.6 Å². The van der Waals surface area contributed by atoms with Gasteiger partial charge in [-0.1, -0.05) is 170 Å². The Labute approximate surface area is 391 Å². The van der Waals surface area contributed by atoms with E-state index in [4.69, 9.17) is 29.9 Å². The second-order valence-corrected chi connectivity index (χ2v) is 16.8. The number of nitrogens with zero attached hydrogens (tertiary/aromatic N) is 8. The summed E-state index contributed by atoms with van der Waals surface area (Å²) in [5.74, 6) is 3.68. The summed E-state index contributed by atoms with van der Waals surface area (Å²) in [4.78, 5) is 30.3. The fourth-order valence-electron chi connectivity index (χ4n) is 9.41. The van der Waals surface area contributed by atoms with E-state index in [9.17, 15) is 0 Å². The topological polar surface area (TPSA) is 87.2 Å². The van der Waals surface area contributed by atoms with Crippen LogP contribution in [0.2, 0.25) is 0 Å². The normalized spacial score (nSPS) is 11.5. The van der Waals surface area contributed by atoms with Crippen LogP contribution in [0, 0.1) is 0 Å². The highest BCUT2D eigenvalue weighted by atomic mass is 15.2. The molecule has 0 bridgehead atoms. The quantitative estimate of drug-likeness (QED) is 0.151. The van der Waals surface area contributed by atoms with Crippen molar-refractivity contribution in [3.05, 3.63) is 231 Å². The number of hydrogen-bond acceptors (Lipinski definition) is 6. The van der Waals surface area contributed by atoms with E-state index in [1.54, 1.807) is 0 Å². The fraction of sp³-hybridized carbons (Fsp3) is 0. The van der Waals surface area contributed by atoms with Crippen molar-refractivity contribution in [2.45, 2.75) is 0 Å². The van der Waals surface area contributed by atoms with Crippen molar-refractivity contribution in [3.8, 4) is 79.7 Å². The second kappa shape index (κ2) is 16.2. The fourth-order valence-corrected chi connectivity index (χ4v) is 9.41. The van der Waals surface area contributed by atoms with Gasteiger partial charge in [-0.2, -0.15) is 9.97 Å². The molecular formula is C60H38N8. The van der Waals surface area contributed by atoms with E-state index < -0.39 is 0 Å². The van der Waals surface area contributed by atoms with Crippen LogP contribution in [0.5, 0.6) is 0 Å². The second-order valence-electron chi connectivity index (χ2n) is 16.8. The Morgan fingerprint density at radius 3 is 1.10 bits per heavy atom. The highest BCUT2D eigenvalue weighted by Gasteiger charge is 2.19. The van der Waals surface area contributed by atoms with Crippen molar-refractivity contribution in [2.24, 2.45) is 0 Å². The molecule has 0 amide bonds. The predicted octanol–water partition coefficient (Wildman–Crippen LogP) is 14.3. The first kappa shape index (κ1) is 39.0. The monoisotopic (exact) mass is 870 g/mol. The van der Waals surface area contributed by atoms with Crippen LogP contribution >= 0.6 is 0 Å². The maximum atomic E-state index is 5.22. The van der Waals surface area contributed by atoms with Gasteiger partial charge in [-0.3, -0.25) is 4.57 Å². The molecule has 0 saturated heterocycles. The van der Waals surface area contributed by atoms with Gasteiger partial charge in [-0.25, -0.2) is 19.9 Å². The molecule has 318 valence electrons. The van der Waals surface area contributed by atoms with Gasteiger partial charge in [-0.15, -0.1) is 0 Å². The molecule has 9 aromatic carbocycles. The number of aromatic nitrogens is 8. The van der Waals surface area contributed by atoms with E-state index in [1.807, 2.05) is 91.0 Å². The van der Waals surface area contributed by atoms with Crippen molar-refractivity contribution in [1.82, 2.24) is 39.0 Å². The molecule has 13 rings (SSSR count). The largest absolute Gasteiger partial charge is 0.309 e. The van der Waals surface area contributed by atoms with Crippen LogP contribution in [0.25, 0.3) is 123 Å². The smallest absolute Gasteiger partial charge is 0.238 e. The summed E-state index contributed by atoms with van der Waals surface area (Å²) in [6, 6.07) is 79.5. The van der Waals surface area contributed by atoms with Crippen molar-refractivity contribution in [2.75, 3.05) is 0 Å². The number of hydrogen-bond donors (Lipinski definition) is 0. The van der Waals surface area contributed by atoms with Crippen LogP contribution < -0.4 is 0 Å². The lowest BCUT2D eigenvalue weighted by Crippen LogP contribution is -2.06. The molecule has 0 saturated carbocycles. The molecule has 0 aliphatic heterocycles. The summed E-state index contributed by atoms with van der Waals surface area (Å²) in [7, 11) is 0. The van der Waals surface area contributed by atoms with Crippen LogP contribution in [0.15, 0.2) is 231 Å². The zero-order chi connectivity index (χ0) is 45.0. The van der Waals surface area contributed by atoms with E-state index in [2.05, 4.69) is 149 Å². The summed E-state index contributed by atoms with van der Waals surface area (Å²) >= 11 is 0. The van der Waals surface area contributed by atoms with Gasteiger partial charge in [0.15, 0.2) is 29.1 Å². The van der Waals surface area contributed by atoms with Gasteiger partial charge in [0, 0.05) is 55.0 Å². The molecule has 0 atom stereocenters. The number of rotatable bonds is 8. The Balaban J connectivity index is 0.894. The summed E-state index contributed by atoms with van der Waals surface area (Å²) in [6.45, 7) is 0. The zero-order valence-electron chi connectivity index (χ0n) is 36.5. The van der Waals surface area contributed by atoms with Crippen LogP contribution in [0.3, 0.4) is 0 Å². The van der Waals surface area contributed by atoms with Crippen LogP contribution in [-0.4, -0.2) is 39.0 Å². The standard InChI is InChI=1S/C60H38N8/c1-4-17-39(18-5-1)55-61-56(40-19-6-2-7-20-40)63-57(62-55)42-31-34-46(35-32-42)67-51-28-13-12-27-49(51)50-38-44(33-36-54(50)67)43-23-16-24-45(37-43)59-64-58(41-21-8-3-9-22-41)65-60(66-59)68-52-29-14-10-25-47(52)48-26-11-15-30-53(48)68/h1-38H. The molecule has 4 aromatic heterocycles. The van der Waals surface area contributed by atoms with Crippen molar-refractivity contribution in [3.63, 3.8) is 0 Å². The minimum Gasteiger partial charge on any atom is -0.309 e. The molecule has 0 radical (unpaired) electrons. The maximum absolute atomic E-state index is 5.22. The highest BCUT2D eigenvalue weighted by Crippen LogP contribution is 2.37. The number of para-hydroxylation sites is 3. The summed E-state index contributed by atoms with van der Waals surface area (Å²) < 4.78 is 4.48. The first-order valence-corrected chi connectivity index (χ1v) is 22.6. The molecule has 4 heterocycles. The SMILES string of the molecule is c1ccc(-c2nc(-c3ccccc3)nc(-c3ccc(-n4c5ccccc5c5cc(-c6cccc(-c7nc(-c8ccccc8)nc(-n8c9ccccc9c9ccccc98)n7)c6)ccc54)cc3)n2)cc1. The molecule has 0 spiro atoms. The lowest BCUT2D eigenvalue weighted by atomic mass is 10.0. The molecule has 0 fully saturated rings. The van der Waals surface area contributed by atoms with Crippen LogP contribution in [0.1, 0.15) is 0 Å². The number of fused-ring (bicyclic) bond motifs is 6. The number of benzene rings is 9. The molecule has 8 heteroatoms. The third kappa shape index (κ3) is 6.78. The first-order valence-electron chi connectivity index (χ1n) is 22.6. The first-order chi connectivity index (χ1) is 33.7. The van der Waals surface area contributed by atoms with E-state index in [0.29, 0.717) is 35.1 Å². The third-order valence-corrected chi connectivity index (χ3v) is 12.6. The molecule has 0 aliphatic carbocycles. The van der Waals surface area contributed by atoms with Gasteiger partial charge in [0.05, 0.1) is 22.1 Å². The molecule has 0 aliphatic rings. The molecule has 13 aromatic rings. The van der Waals surface area contributed by atoms with Crippen LogP contribution in [-0.2, 0) is 0 Å². The highest BCUT2D eigenvalue weighted by molar-refractivity contribution is 6.11. The average Bonchev–Trinajstić information content (AvgIpc) is 3.94. The van der Waals surface area contributed by atoms with Gasteiger partial charge >= 0.3 is 0 Å². The third-order valence-electron chi connectivity index (χ3n) is 12.6. The Kier molecular flexibility index (Phi) is 9.31. The summed E-state index contributed by atoms with van der Waals surface area (Å²) in [6.07, 6.45) is 0. The summed E-state index contributed by atoms with van der Waals surface area (Å²) in [5, 5.41) is 4.63. The molecule has 68 heavy (non-hydrogen) atoms. The molecule has 0 unspecified atom stereocenters. The minimum absolute atomic E-state index is 0.570. The van der Waals surface area contributed by atoms with E-state index >= 15 is 0 Å². The van der Waals surface area contributed by atoms with Gasteiger partial charge in [-0.05, 0) is 71.8 Å². The van der Waals surface area contributed by atoms with Crippen LogP contribution in [0.4, 0.5) is 0 Å². The zero-order valence-corrected chi connectivity index (χ0v) is 36.5. The molecule has 0 N–H and O–H groups in total. The lowest BCUT2D eigenvalue weighted by molar-refractivity contribution is 0.953. The van der Waals surface area contributed by atoms with E-state index in [-0.39, 0.29) is 0 Å².